The smallest absolute Gasteiger partial charge is 0.250 e. The van der Waals surface area contributed by atoms with Crippen molar-refractivity contribution < 1.29 is 24.1 Å². The number of rotatable bonds is 5. The quantitative estimate of drug-likeness (QED) is 0.789. The van der Waals surface area contributed by atoms with Crippen LogP contribution in [0.5, 0.6) is 11.5 Å². The van der Waals surface area contributed by atoms with Crippen LogP contribution >= 0.6 is 0 Å². The summed E-state index contributed by atoms with van der Waals surface area (Å²) in [6.07, 6.45) is -1.36. The minimum Gasteiger partial charge on any atom is -0.486 e. The highest BCUT2D eigenvalue weighted by Gasteiger charge is 2.29. The maximum atomic E-state index is 12.2. The van der Waals surface area contributed by atoms with Crippen molar-refractivity contribution in [2.24, 2.45) is 0 Å². The zero-order valence-corrected chi connectivity index (χ0v) is 13.8. The van der Waals surface area contributed by atoms with Gasteiger partial charge in [0.2, 0.25) is 0 Å². The maximum Gasteiger partial charge on any atom is 0.250 e. The standard InChI is InChI=1S/C17H24N2O5/c1-12(16-11-23-14-4-2-3-5-15(14)24-16)18-17(21)13(20)10-19-6-8-22-9-7-19/h2-5,12-13,16,20H,6-11H2,1H3,(H,18,21)/t12-,13+,16-/m0/s1. The molecule has 0 spiro atoms. The van der Waals surface area contributed by atoms with Gasteiger partial charge in [-0.3, -0.25) is 9.69 Å². The molecular weight excluding hydrogens is 312 g/mol. The van der Waals surface area contributed by atoms with Crippen molar-refractivity contribution in [3.05, 3.63) is 24.3 Å². The van der Waals surface area contributed by atoms with E-state index in [-0.39, 0.29) is 12.1 Å². The van der Waals surface area contributed by atoms with E-state index in [0.717, 1.165) is 13.1 Å². The number of ether oxygens (including phenoxy) is 3. The van der Waals surface area contributed by atoms with Gasteiger partial charge in [-0.1, -0.05) is 12.1 Å². The summed E-state index contributed by atoms with van der Waals surface area (Å²) < 4.78 is 16.8. The lowest BCUT2D eigenvalue weighted by molar-refractivity contribution is -0.132. The van der Waals surface area contributed by atoms with Gasteiger partial charge in [0, 0.05) is 19.6 Å². The second-order valence-electron chi connectivity index (χ2n) is 6.14. The van der Waals surface area contributed by atoms with Crippen LogP contribution in [0.2, 0.25) is 0 Å². The van der Waals surface area contributed by atoms with Crippen LogP contribution in [0.15, 0.2) is 24.3 Å². The number of β-amino-alcohol motifs (C(OH)–C–C–N with tert-alkyl or cyclic N) is 1. The fraction of sp³-hybridized carbons (Fsp3) is 0.588. The van der Waals surface area contributed by atoms with Crippen LogP contribution in [0.4, 0.5) is 0 Å². The third-order valence-corrected chi connectivity index (χ3v) is 4.30. The average Bonchev–Trinajstić information content (AvgIpc) is 2.62. The molecule has 24 heavy (non-hydrogen) atoms. The number of para-hydroxylation sites is 2. The highest BCUT2D eigenvalue weighted by Crippen LogP contribution is 2.31. The molecule has 1 fully saturated rings. The molecule has 0 unspecified atom stereocenters. The molecule has 1 aromatic carbocycles. The number of hydrogen-bond donors (Lipinski definition) is 2. The molecule has 2 aliphatic rings. The van der Waals surface area contributed by atoms with Gasteiger partial charge in [0.25, 0.3) is 5.91 Å². The van der Waals surface area contributed by atoms with Gasteiger partial charge in [0.15, 0.2) is 17.6 Å². The van der Waals surface area contributed by atoms with Crippen molar-refractivity contribution in [3.63, 3.8) is 0 Å². The minimum atomic E-state index is -1.07. The summed E-state index contributed by atoms with van der Waals surface area (Å²) in [4.78, 5) is 14.2. The summed E-state index contributed by atoms with van der Waals surface area (Å²) in [6, 6.07) is 7.17. The van der Waals surface area contributed by atoms with Gasteiger partial charge >= 0.3 is 0 Å². The highest BCUT2D eigenvalue weighted by atomic mass is 16.6. The highest BCUT2D eigenvalue weighted by molar-refractivity contribution is 5.81. The summed E-state index contributed by atoms with van der Waals surface area (Å²) in [5, 5.41) is 12.9. The van der Waals surface area contributed by atoms with Gasteiger partial charge in [-0.15, -0.1) is 0 Å². The first-order chi connectivity index (χ1) is 11.6. The predicted octanol–water partition coefficient (Wildman–Crippen LogP) is 0.0242. The van der Waals surface area contributed by atoms with E-state index >= 15 is 0 Å². The Bertz CT molecular complexity index is 562. The SMILES string of the molecule is C[C@H](NC(=O)[C@H](O)CN1CCOCC1)[C@@H]1COc2ccccc2O1. The zero-order chi connectivity index (χ0) is 16.9. The van der Waals surface area contributed by atoms with Crippen molar-refractivity contribution in [3.8, 4) is 11.5 Å². The first-order valence-electron chi connectivity index (χ1n) is 8.30. The molecule has 1 aromatic rings. The number of aliphatic hydroxyl groups is 1. The zero-order valence-electron chi connectivity index (χ0n) is 13.8. The average molecular weight is 336 g/mol. The fourth-order valence-electron chi connectivity index (χ4n) is 2.81. The monoisotopic (exact) mass is 336 g/mol. The topological polar surface area (TPSA) is 80.3 Å². The number of carbonyl (C=O) groups excluding carboxylic acids is 1. The van der Waals surface area contributed by atoms with Crippen molar-refractivity contribution in [1.29, 1.82) is 0 Å². The van der Waals surface area contributed by atoms with Crippen LogP contribution < -0.4 is 14.8 Å². The molecule has 1 saturated heterocycles. The molecule has 0 saturated carbocycles. The Balaban J connectivity index is 1.49. The van der Waals surface area contributed by atoms with Crippen molar-refractivity contribution in [1.82, 2.24) is 10.2 Å². The summed E-state index contributed by atoms with van der Waals surface area (Å²) in [7, 11) is 0. The van der Waals surface area contributed by atoms with E-state index in [9.17, 15) is 9.90 Å². The molecule has 0 radical (unpaired) electrons. The molecule has 132 valence electrons. The van der Waals surface area contributed by atoms with Crippen molar-refractivity contribution in [2.75, 3.05) is 39.5 Å². The number of nitrogens with zero attached hydrogens (tertiary/aromatic N) is 1. The normalized spacial score (nSPS) is 23.3. The Morgan fingerprint density at radius 2 is 2.04 bits per heavy atom. The number of amides is 1. The number of nitrogens with one attached hydrogen (secondary N) is 1. The number of morpholine rings is 1. The third-order valence-electron chi connectivity index (χ3n) is 4.30. The summed E-state index contributed by atoms with van der Waals surface area (Å²) in [5.41, 5.74) is 0. The van der Waals surface area contributed by atoms with E-state index in [1.165, 1.54) is 0 Å². The van der Waals surface area contributed by atoms with Gasteiger partial charge in [0.1, 0.15) is 12.7 Å². The molecule has 7 heteroatoms. The van der Waals surface area contributed by atoms with Crippen LogP contribution in [0.3, 0.4) is 0 Å². The Morgan fingerprint density at radius 1 is 1.33 bits per heavy atom. The molecule has 7 nitrogen and oxygen atoms in total. The van der Waals surface area contributed by atoms with Gasteiger partial charge < -0.3 is 24.6 Å². The number of fused-ring (bicyclic) bond motifs is 1. The molecule has 1 amide bonds. The van der Waals surface area contributed by atoms with Gasteiger partial charge in [-0.25, -0.2) is 0 Å². The Labute approximate surface area is 141 Å². The number of benzene rings is 1. The number of hydrogen-bond acceptors (Lipinski definition) is 6. The molecule has 2 N–H and O–H groups in total. The first kappa shape index (κ1) is 17.0. The van der Waals surface area contributed by atoms with E-state index in [2.05, 4.69) is 5.32 Å². The van der Waals surface area contributed by atoms with Crippen molar-refractivity contribution in [2.45, 2.75) is 25.2 Å². The van der Waals surface area contributed by atoms with E-state index in [0.29, 0.717) is 37.9 Å². The summed E-state index contributed by atoms with van der Waals surface area (Å²) in [6.45, 7) is 5.26. The van der Waals surface area contributed by atoms with Crippen LogP contribution in [0.1, 0.15) is 6.92 Å². The Kier molecular flexibility index (Phi) is 5.55. The van der Waals surface area contributed by atoms with E-state index in [4.69, 9.17) is 14.2 Å². The lowest BCUT2D eigenvalue weighted by atomic mass is 10.1. The molecule has 3 rings (SSSR count). The predicted molar refractivity (Wildman–Crippen MR) is 87.2 cm³/mol. The second-order valence-corrected chi connectivity index (χ2v) is 6.14. The van der Waals surface area contributed by atoms with Gasteiger partial charge in [-0.2, -0.15) is 0 Å². The molecule has 3 atom stereocenters. The molecular formula is C17H24N2O5. The minimum absolute atomic E-state index is 0.273. The van der Waals surface area contributed by atoms with E-state index in [1.54, 1.807) is 0 Å². The third kappa shape index (κ3) is 4.17. The number of carbonyl (C=O) groups is 1. The van der Waals surface area contributed by atoms with Crippen LogP contribution in [0, 0.1) is 0 Å². The van der Waals surface area contributed by atoms with Crippen LogP contribution in [-0.4, -0.2) is 73.6 Å². The van der Waals surface area contributed by atoms with Gasteiger partial charge in [0.05, 0.1) is 19.3 Å². The molecule has 0 aromatic heterocycles. The lowest BCUT2D eigenvalue weighted by Crippen LogP contribution is -2.53. The maximum absolute atomic E-state index is 12.2. The molecule has 0 aliphatic carbocycles. The second kappa shape index (κ2) is 7.83. The lowest BCUT2D eigenvalue weighted by Gasteiger charge is -2.32. The van der Waals surface area contributed by atoms with E-state index < -0.39 is 12.0 Å². The van der Waals surface area contributed by atoms with E-state index in [1.807, 2.05) is 36.1 Å². The first-order valence-corrected chi connectivity index (χ1v) is 8.30. The summed E-state index contributed by atoms with van der Waals surface area (Å²) in [5.74, 6) is 0.986. The molecule has 2 aliphatic heterocycles. The summed E-state index contributed by atoms with van der Waals surface area (Å²) >= 11 is 0. The largest absolute Gasteiger partial charge is 0.486 e. The fourth-order valence-corrected chi connectivity index (χ4v) is 2.81. The molecule has 0 bridgehead atoms. The Morgan fingerprint density at radius 3 is 2.79 bits per heavy atom. The van der Waals surface area contributed by atoms with Crippen molar-refractivity contribution >= 4 is 5.91 Å². The van der Waals surface area contributed by atoms with Crippen LogP contribution in [-0.2, 0) is 9.53 Å². The number of aliphatic hydroxyl groups excluding tert-OH is 1. The Hall–Kier alpha value is -1.83. The van der Waals surface area contributed by atoms with Gasteiger partial charge in [-0.05, 0) is 19.1 Å². The van der Waals surface area contributed by atoms with Crippen LogP contribution in [0.25, 0.3) is 0 Å². The molecule has 2 heterocycles.